The van der Waals surface area contributed by atoms with Crippen LogP contribution in [0.3, 0.4) is 0 Å². The van der Waals surface area contributed by atoms with Crippen molar-refractivity contribution >= 4 is 11.8 Å². The van der Waals surface area contributed by atoms with Crippen molar-refractivity contribution in [1.29, 1.82) is 0 Å². The molecule has 4 rings (SSSR count). The summed E-state index contributed by atoms with van der Waals surface area (Å²) in [5, 5.41) is 3.31. The first-order chi connectivity index (χ1) is 12.8. The molecule has 0 aromatic rings. The van der Waals surface area contributed by atoms with Crippen LogP contribution < -0.4 is 5.32 Å². The van der Waals surface area contributed by atoms with E-state index >= 15 is 0 Å². The standard InChI is InChI=1S/C23H38N2O2/c1-5-25(6-2)21(27)15-14-18-23(4,13-10-19(26)24-18)17-9-12-22(3)11-7-8-16(22)20(15)17/h15-18,20H,5-14H2,1-4H3,(H,24,26)/t15?,16-,17+,18?,20-,22-,23+/m0/s1. The maximum atomic E-state index is 13.6. The summed E-state index contributed by atoms with van der Waals surface area (Å²) in [7, 11) is 0. The number of piperidine rings is 1. The van der Waals surface area contributed by atoms with Crippen LogP contribution in [0.1, 0.15) is 79.1 Å². The number of nitrogens with zero attached hydrogens (tertiary/aromatic N) is 1. The Balaban J connectivity index is 1.73. The zero-order valence-corrected chi connectivity index (χ0v) is 17.7. The van der Waals surface area contributed by atoms with Crippen LogP contribution in [0, 0.1) is 34.5 Å². The number of rotatable bonds is 3. The minimum Gasteiger partial charge on any atom is -0.353 e. The molecule has 4 nitrogen and oxygen atoms in total. The minimum atomic E-state index is 0.0918. The van der Waals surface area contributed by atoms with Crippen LogP contribution in [-0.4, -0.2) is 35.8 Å². The molecule has 152 valence electrons. The highest BCUT2D eigenvalue weighted by atomic mass is 16.2. The molecule has 4 heteroatoms. The number of amides is 2. The average Bonchev–Trinajstić information content (AvgIpc) is 3.04. The smallest absolute Gasteiger partial charge is 0.226 e. The molecule has 2 amide bonds. The Morgan fingerprint density at radius 3 is 2.56 bits per heavy atom. The highest BCUT2D eigenvalue weighted by Crippen LogP contribution is 2.65. The Kier molecular flexibility index (Phi) is 4.83. The zero-order chi connectivity index (χ0) is 19.4. The molecule has 2 unspecified atom stereocenters. The van der Waals surface area contributed by atoms with Crippen molar-refractivity contribution in [2.45, 2.75) is 85.1 Å². The van der Waals surface area contributed by atoms with E-state index in [1.54, 1.807) is 0 Å². The molecule has 1 aliphatic heterocycles. The van der Waals surface area contributed by atoms with Crippen LogP contribution in [0.25, 0.3) is 0 Å². The van der Waals surface area contributed by atoms with E-state index in [1.807, 2.05) is 4.90 Å². The van der Waals surface area contributed by atoms with Crippen molar-refractivity contribution < 1.29 is 9.59 Å². The van der Waals surface area contributed by atoms with Crippen LogP contribution >= 0.6 is 0 Å². The van der Waals surface area contributed by atoms with Crippen molar-refractivity contribution in [1.82, 2.24) is 10.2 Å². The summed E-state index contributed by atoms with van der Waals surface area (Å²) in [5.74, 6) is 2.41. The van der Waals surface area contributed by atoms with Crippen molar-refractivity contribution in [2.24, 2.45) is 34.5 Å². The van der Waals surface area contributed by atoms with Gasteiger partial charge in [0.05, 0.1) is 0 Å². The third-order valence-corrected chi connectivity index (χ3v) is 9.33. The van der Waals surface area contributed by atoms with Crippen LogP contribution in [0.2, 0.25) is 0 Å². The van der Waals surface area contributed by atoms with E-state index in [0.29, 0.717) is 35.5 Å². The van der Waals surface area contributed by atoms with Crippen LogP contribution in [0.4, 0.5) is 0 Å². The van der Waals surface area contributed by atoms with Gasteiger partial charge in [0.2, 0.25) is 11.8 Å². The summed E-state index contributed by atoms with van der Waals surface area (Å²) in [5.41, 5.74) is 0.604. The summed E-state index contributed by atoms with van der Waals surface area (Å²) in [4.78, 5) is 27.8. The third-order valence-electron chi connectivity index (χ3n) is 9.33. The molecule has 4 fully saturated rings. The molecule has 1 heterocycles. The van der Waals surface area contributed by atoms with Gasteiger partial charge in [-0.1, -0.05) is 20.3 Å². The first-order valence-corrected chi connectivity index (χ1v) is 11.4. The van der Waals surface area contributed by atoms with Gasteiger partial charge in [0, 0.05) is 31.5 Å². The predicted octanol–water partition coefficient (Wildman–Crippen LogP) is 3.99. The van der Waals surface area contributed by atoms with Gasteiger partial charge in [-0.05, 0) is 81.0 Å². The van der Waals surface area contributed by atoms with Gasteiger partial charge in [-0.2, -0.15) is 0 Å². The topological polar surface area (TPSA) is 49.4 Å². The first-order valence-electron chi connectivity index (χ1n) is 11.4. The maximum absolute atomic E-state index is 13.6. The van der Waals surface area contributed by atoms with Gasteiger partial charge in [-0.25, -0.2) is 0 Å². The van der Waals surface area contributed by atoms with Gasteiger partial charge in [-0.3, -0.25) is 9.59 Å². The molecule has 1 saturated heterocycles. The maximum Gasteiger partial charge on any atom is 0.226 e. The summed E-state index contributed by atoms with van der Waals surface area (Å²) in [6, 6.07) is 0.176. The largest absolute Gasteiger partial charge is 0.353 e. The fourth-order valence-corrected chi connectivity index (χ4v) is 7.72. The number of nitrogens with one attached hydrogen (secondary N) is 1. The normalized spacial score (nSPS) is 46.1. The number of carbonyl (C=O) groups is 2. The van der Waals surface area contributed by atoms with Gasteiger partial charge in [0.15, 0.2) is 0 Å². The van der Waals surface area contributed by atoms with E-state index in [9.17, 15) is 9.59 Å². The van der Waals surface area contributed by atoms with E-state index in [0.717, 1.165) is 25.9 Å². The second-order valence-electron chi connectivity index (χ2n) is 10.4. The Labute approximate surface area is 164 Å². The molecule has 27 heavy (non-hydrogen) atoms. The molecule has 0 bridgehead atoms. The number of hydrogen-bond donors (Lipinski definition) is 1. The van der Waals surface area contributed by atoms with Gasteiger partial charge in [-0.15, -0.1) is 0 Å². The molecule has 1 N–H and O–H groups in total. The lowest BCUT2D eigenvalue weighted by molar-refractivity contribution is -0.161. The molecule has 0 spiro atoms. The van der Waals surface area contributed by atoms with E-state index in [-0.39, 0.29) is 23.3 Å². The number of fused-ring (bicyclic) bond motifs is 5. The van der Waals surface area contributed by atoms with Crippen molar-refractivity contribution in [3.05, 3.63) is 0 Å². The van der Waals surface area contributed by atoms with E-state index in [4.69, 9.17) is 0 Å². The van der Waals surface area contributed by atoms with E-state index in [2.05, 4.69) is 33.0 Å². The Bertz CT molecular complexity index is 615. The van der Waals surface area contributed by atoms with Gasteiger partial charge >= 0.3 is 0 Å². The van der Waals surface area contributed by atoms with Crippen LogP contribution in [0.5, 0.6) is 0 Å². The summed E-state index contributed by atoms with van der Waals surface area (Å²) >= 11 is 0. The van der Waals surface area contributed by atoms with Crippen LogP contribution in [-0.2, 0) is 9.59 Å². The quantitative estimate of drug-likeness (QED) is 0.812. The molecule has 4 aliphatic rings. The molecule has 0 radical (unpaired) electrons. The molecule has 0 aromatic carbocycles. The average molecular weight is 375 g/mol. The minimum absolute atomic E-state index is 0.0918. The second kappa shape index (κ2) is 6.77. The first kappa shape index (κ1) is 19.3. The molecule has 3 aliphatic carbocycles. The van der Waals surface area contributed by atoms with Crippen molar-refractivity contribution in [3.63, 3.8) is 0 Å². The van der Waals surface area contributed by atoms with E-state index < -0.39 is 0 Å². The third kappa shape index (κ3) is 2.84. The lowest BCUT2D eigenvalue weighted by atomic mass is 9.45. The Hall–Kier alpha value is -1.06. The van der Waals surface area contributed by atoms with E-state index in [1.165, 1.54) is 32.1 Å². The molecular formula is C23H38N2O2. The van der Waals surface area contributed by atoms with Crippen LogP contribution in [0.15, 0.2) is 0 Å². The summed E-state index contributed by atoms with van der Waals surface area (Å²) < 4.78 is 0. The highest BCUT2D eigenvalue weighted by molar-refractivity contribution is 5.81. The van der Waals surface area contributed by atoms with Crippen molar-refractivity contribution in [2.75, 3.05) is 13.1 Å². The molecule has 7 atom stereocenters. The van der Waals surface area contributed by atoms with Gasteiger partial charge < -0.3 is 10.2 Å². The fourth-order valence-electron chi connectivity index (χ4n) is 7.72. The molecule has 0 aromatic heterocycles. The van der Waals surface area contributed by atoms with Gasteiger partial charge in [0.25, 0.3) is 0 Å². The zero-order valence-electron chi connectivity index (χ0n) is 17.7. The lowest BCUT2D eigenvalue weighted by Gasteiger charge is -2.61. The molecular weight excluding hydrogens is 336 g/mol. The highest BCUT2D eigenvalue weighted by Gasteiger charge is 2.62. The SMILES string of the molecule is CCN(CC)C(=O)C1CC2NC(=O)CC[C@]2(C)[C@@H]2CC[C@]3(C)CCC[C@H]3[C@H]12. The Morgan fingerprint density at radius 2 is 1.85 bits per heavy atom. The van der Waals surface area contributed by atoms with Gasteiger partial charge in [0.1, 0.15) is 0 Å². The summed E-state index contributed by atoms with van der Waals surface area (Å²) in [6.07, 6.45) is 9.02. The second-order valence-corrected chi connectivity index (χ2v) is 10.4. The number of hydrogen-bond acceptors (Lipinski definition) is 2. The monoisotopic (exact) mass is 374 g/mol. The fraction of sp³-hybridized carbons (Fsp3) is 0.913. The molecule has 3 saturated carbocycles. The Morgan fingerprint density at radius 1 is 1.11 bits per heavy atom. The number of carbonyl (C=O) groups excluding carboxylic acids is 2. The summed E-state index contributed by atoms with van der Waals surface area (Å²) in [6.45, 7) is 10.7. The lowest BCUT2D eigenvalue weighted by Crippen LogP contribution is -2.64. The van der Waals surface area contributed by atoms with Crippen molar-refractivity contribution in [3.8, 4) is 0 Å². The predicted molar refractivity (Wildman–Crippen MR) is 107 cm³/mol.